The number of allylic oxidation sites excluding steroid dienone is 7. The van der Waals surface area contributed by atoms with E-state index < -0.39 is 0 Å². The van der Waals surface area contributed by atoms with Crippen LogP contribution < -0.4 is 0 Å². The molecule has 0 saturated carbocycles. The first-order valence-electron chi connectivity index (χ1n) is 11.8. The fraction of sp³-hybridized carbons (Fsp3) is 0.483. The van der Waals surface area contributed by atoms with Crippen molar-refractivity contribution < 1.29 is 4.74 Å². The molecule has 1 aliphatic rings. The van der Waals surface area contributed by atoms with E-state index in [0.29, 0.717) is 6.61 Å². The molecule has 0 fully saturated rings. The van der Waals surface area contributed by atoms with Gasteiger partial charge >= 0.3 is 0 Å². The summed E-state index contributed by atoms with van der Waals surface area (Å²) in [5.41, 5.74) is 7.05. The zero-order chi connectivity index (χ0) is 22.5. The predicted octanol–water partition coefficient (Wildman–Crippen LogP) is 8.17. The summed E-state index contributed by atoms with van der Waals surface area (Å²) in [6.45, 7) is 11.7. The molecule has 0 aromatic heterocycles. The first-order chi connectivity index (χ1) is 14.9. The Balaban J connectivity index is 1.69. The number of aliphatic imine (C=N–C) groups is 1. The lowest BCUT2D eigenvalue weighted by atomic mass is 10.0. The topological polar surface area (TPSA) is 21.6 Å². The van der Waals surface area contributed by atoms with E-state index in [2.05, 4.69) is 89.3 Å². The predicted molar refractivity (Wildman–Crippen MR) is 136 cm³/mol. The minimum atomic E-state index is 0.238. The molecule has 2 heteroatoms. The molecular formula is C29H41NO. The summed E-state index contributed by atoms with van der Waals surface area (Å²) >= 11 is 0. The van der Waals surface area contributed by atoms with Gasteiger partial charge in [-0.25, -0.2) is 4.99 Å². The average molecular weight is 420 g/mol. The quantitative estimate of drug-likeness (QED) is 0.313. The summed E-state index contributed by atoms with van der Waals surface area (Å²) in [6, 6.07) is 10.8. The van der Waals surface area contributed by atoms with Gasteiger partial charge in [0.05, 0.1) is 6.04 Å². The summed E-state index contributed by atoms with van der Waals surface area (Å²) in [5.74, 6) is 0.799. The zero-order valence-corrected chi connectivity index (χ0v) is 20.3. The number of benzene rings is 1. The third kappa shape index (κ3) is 11.0. The Hall–Kier alpha value is -2.35. The first kappa shape index (κ1) is 24.9. The number of rotatable bonds is 12. The highest BCUT2D eigenvalue weighted by atomic mass is 16.5. The molecule has 1 aromatic rings. The molecule has 0 radical (unpaired) electrons. The molecule has 0 N–H and O–H groups in total. The third-order valence-corrected chi connectivity index (χ3v) is 5.57. The maximum atomic E-state index is 5.80. The molecule has 0 amide bonds. The Morgan fingerprint density at radius 2 is 1.42 bits per heavy atom. The number of nitrogens with zero attached hydrogens (tertiary/aromatic N) is 1. The Labute approximate surface area is 190 Å². The fourth-order valence-electron chi connectivity index (χ4n) is 3.67. The van der Waals surface area contributed by atoms with Crippen molar-refractivity contribution in [3.63, 3.8) is 0 Å². The van der Waals surface area contributed by atoms with E-state index in [9.17, 15) is 0 Å². The molecule has 0 spiro atoms. The molecule has 2 rings (SSSR count). The Morgan fingerprint density at radius 1 is 0.839 bits per heavy atom. The second kappa shape index (κ2) is 13.9. The van der Waals surface area contributed by atoms with Gasteiger partial charge in [-0.2, -0.15) is 0 Å². The normalized spacial score (nSPS) is 17.4. The SMILES string of the molecule is CC(C)=CCCC(C)=CCCC(C)=CCCC(C)=CC1=N[C@@H](Cc2ccccc2)CO1. The summed E-state index contributed by atoms with van der Waals surface area (Å²) in [6.07, 6.45) is 17.0. The number of hydrogen-bond acceptors (Lipinski definition) is 2. The lowest BCUT2D eigenvalue weighted by molar-refractivity contribution is 0.318. The Kier molecular flexibility index (Phi) is 11.1. The molecule has 0 saturated heterocycles. The number of hydrogen-bond donors (Lipinski definition) is 0. The molecule has 1 atom stereocenters. The molecule has 0 unspecified atom stereocenters. The molecular weight excluding hydrogens is 378 g/mol. The second-order valence-electron chi connectivity index (χ2n) is 9.11. The average Bonchev–Trinajstić information content (AvgIpc) is 3.15. The van der Waals surface area contributed by atoms with Crippen molar-refractivity contribution in [3.8, 4) is 0 Å². The van der Waals surface area contributed by atoms with Crippen molar-refractivity contribution in [1.82, 2.24) is 0 Å². The lowest BCUT2D eigenvalue weighted by Crippen LogP contribution is -2.09. The molecule has 0 aliphatic carbocycles. The van der Waals surface area contributed by atoms with Crippen LogP contribution in [-0.4, -0.2) is 18.5 Å². The van der Waals surface area contributed by atoms with Gasteiger partial charge in [0.25, 0.3) is 0 Å². The van der Waals surface area contributed by atoms with Gasteiger partial charge in [-0.15, -0.1) is 0 Å². The van der Waals surface area contributed by atoms with Crippen LogP contribution in [0.2, 0.25) is 0 Å². The van der Waals surface area contributed by atoms with Crippen molar-refractivity contribution in [3.05, 3.63) is 82.5 Å². The van der Waals surface area contributed by atoms with Crippen LogP contribution in [0.5, 0.6) is 0 Å². The standard InChI is InChI=1S/C29H41NO/c1-23(2)12-9-13-24(3)14-10-15-25(4)16-11-17-26(5)20-29-30-28(22-31-29)21-27-18-7-6-8-19-27/h6-8,12,14,16,18-20,28H,9-11,13,15,17,21-22H2,1-5H3/t28-/m0/s1. The van der Waals surface area contributed by atoms with Crippen molar-refractivity contribution >= 4 is 5.90 Å². The highest BCUT2D eigenvalue weighted by molar-refractivity contribution is 5.89. The van der Waals surface area contributed by atoms with Crippen molar-refractivity contribution in [2.24, 2.45) is 4.99 Å². The monoisotopic (exact) mass is 419 g/mol. The third-order valence-electron chi connectivity index (χ3n) is 5.57. The summed E-state index contributed by atoms with van der Waals surface area (Å²) in [7, 11) is 0. The van der Waals surface area contributed by atoms with Crippen LogP contribution in [0, 0.1) is 0 Å². The highest BCUT2D eigenvalue weighted by Crippen LogP contribution is 2.16. The van der Waals surface area contributed by atoms with Crippen LogP contribution in [0.25, 0.3) is 0 Å². The smallest absolute Gasteiger partial charge is 0.208 e. The largest absolute Gasteiger partial charge is 0.476 e. The van der Waals surface area contributed by atoms with E-state index in [1.165, 1.54) is 34.3 Å². The van der Waals surface area contributed by atoms with Gasteiger partial charge in [0.1, 0.15) is 6.61 Å². The maximum Gasteiger partial charge on any atom is 0.208 e. The van der Waals surface area contributed by atoms with Crippen LogP contribution in [0.3, 0.4) is 0 Å². The lowest BCUT2D eigenvalue weighted by Gasteiger charge is -2.04. The molecule has 1 aliphatic heterocycles. The summed E-state index contributed by atoms with van der Waals surface area (Å²) < 4.78 is 5.80. The van der Waals surface area contributed by atoms with Gasteiger partial charge in [-0.1, -0.05) is 70.9 Å². The van der Waals surface area contributed by atoms with E-state index in [4.69, 9.17) is 9.73 Å². The minimum absolute atomic E-state index is 0.238. The van der Waals surface area contributed by atoms with Gasteiger partial charge in [-0.3, -0.25) is 0 Å². The van der Waals surface area contributed by atoms with E-state index in [1.807, 2.05) is 0 Å². The minimum Gasteiger partial charge on any atom is -0.476 e. The van der Waals surface area contributed by atoms with Crippen molar-refractivity contribution in [2.75, 3.05) is 6.61 Å². The summed E-state index contributed by atoms with van der Waals surface area (Å²) in [4.78, 5) is 4.75. The molecule has 1 heterocycles. The van der Waals surface area contributed by atoms with E-state index in [0.717, 1.165) is 44.4 Å². The Bertz CT molecular complexity index is 820. The van der Waals surface area contributed by atoms with Crippen LogP contribution in [0.15, 0.2) is 81.9 Å². The fourth-order valence-corrected chi connectivity index (χ4v) is 3.67. The van der Waals surface area contributed by atoms with Crippen LogP contribution >= 0.6 is 0 Å². The van der Waals surface area contributed by atoms with E-state index in [1.54, 1.807) is 0 Å². The van der Waals surface area contributed by atoms with E-state index >= 15 is 0 Å². The first-order valence-corrected chi connectivity index (χ1v) is 11.8. The maximum absolute atomic E-state index is 5.80. The highest BCUT2D eigenvalue weighted by Gasteiger charge is 2.17. The van der Waals surface area contributed by atoms with Crippen LogP contribution in [-0.2, 0) is 11.2 Å². The number of ether oxygens (including phenoxy) is 1. The molecule has 168 valence electrons. The van der Waals surface area contributed by atoms with E-state index in [-0.39, 0.29) is 6.04 Å². The van der Waals surface area contributed by atoms with Gasteiger partial charge in [0, 0.05) is 0 Å². The van der Waals surface area contributed by atoms with Gasteiger partial charge in [0.15, 0.2) is 0 Å². The zero-order valence-electron chi connectivity index (χ0n) is 20.3. The van der Waals surface area contributed by atoms with Gasteiger partial charge in [0.2, 0.25) is 5.90 Å². The van der Waals surface area contributed by atoms with Gasteiger partial charge in [-0.05, 0) is 91.2 Å². The Morgan fingerprint density at radius 3 is 2.03 bits per heavy atom. The summed E-state index contributed by atoms with van der Waals surface area (Å²) in [5, 5.41) is 0. The molecule has 1 aromatic carbocycles. The molecule has 0 bridgehead atoms. The van der Waals surface area contributed by atoms with Gasteiger partial charge < -0.3 is 4.74 Å². The molecule has 31 heavy (non-hydrogen) atoms. The van der Waals surface area contributed by atoms with Crippen molar-refractivity contribution in [1.29, 1.82) is 0 Å². The second-order valence-corrected chi connectivity index (χ2v) is 9.11. The van der Waals surface area contributed by atoms with Crippen molar-refractivity contribution in [2.45, 2.75) is 85.6 Å². The van der Waals surface area contributed by atoms with Crippen LogP contribution in [0.4, 0.5) is 0 Å². The molecule has 2 nitrogen and oxygen atoms in total. The van der Waals surface area contributed by atoms with Crippen LogP contribution in [0.1, 0.15) is 78.7 Å².